The molecular weight excluding hydrogens is 500 g/mol. The minimum atomic E-state index is -0.837. The van der Waals surface area contributed by atoms with Crippen LogP contribution in [-0.2, 0) is 4.79 Å². The molecule has 0 aliphatic carbocycles. The van der Waals surface area contributed by atoms with E-state index in [2.05, 4.69) is 42.8 Å². The number of nitrogens with zero attached hydrogens (tertiary/aromatic N) is 4. The van der Waals surface area contributed by atoms with Crippen LogP contribution >= 0.6 is 27.3 Å². The Balaban J connectivity index is 1.37. The largest absolute Gasteiger partial charge is 0.492 e. The van der Waals surface area contributed by atoms with E-state index in [1.54, 1.807) is 0 Å². The summed E-state index contributed by atoms with van der Waals surface area (Å²) >= 11 is 4.80. The minimum Gasteiger partial charge on any atom is -0.492 e. The number of carbonyl (C=O) groups is 1. The summed E-state index contributed by atoms with van der Waals surface area (Å²) in [4.78, 5) is 22.0. The fourth-order valence-electron chi connectivity index (χ4n) is 3.89. The van der Waals surface area contributed by atoms with Gasteiger partial charge in [0.2, 0.25) is 0 Å². The molecule has 0 bridgehead atoms. The first-order valence-electron chi connectivity index (χ1n) is 10.9. The number of Topliss-reactive ketones (excluding diaryl/α,β-unsaturated/α-hetero) is 1. The lowest BCUT2D eigenvalue weighted by Crippen LogP contribution is -2.48. The van der Waals surface area contributed by atoms with Crippen molar-refractivity contribution < 1.29 is 9.53 Å². The van der Waals surface area contributed by atoms with Gasteiger partial charge in [-0.05, 0) is 31.2 Å². The average Bonchev–Trinajstić information content (AvgIpc) is 3.31. The molecule has 0 radical (unpaired) electrons. The molecule has 0 N–H and O–H groups in total. The van der Waals surface area contributed by atoms with Gasteiger partial charge >= 0.3 is 0 Å². The normalized spacial score (nSPS) is 15.1. The second-order valence-corrected chi connectivity index (χ2v) is 9.58. The second kappa shape index (κ2) is 10.9. The molecule has 0 spiro atoms. The van der Waals surface area contributed by atoms with Gasteiger partial charge in [0.15, 0.2) is 11.7 Å². The van der Waals surface area contributed by atoms with Crippen LogP contribution in [0.25, 0.3) is 11.3 Å². The van der Waals surface area contributed by atoms with E-state index in [4.69, 9.17) is 4.74 Å². The summed E-state index contributed by atoms with van der Waals surface area (Å²) in [5.74, 6) is -0.0484. The predicted molar refractivity (Wildman–Crippen MR) is 135 cm³/mol. The number of aromatic nitrogens is 1. The zero-order valence-electron chi connectivity index (χ0n) is 18.4. The van der Waals surface area contributed by atoms with E-state index < -0.39 is 5.92 Å². The number of thiazole rings is 1. The molecule has 1 aliphatic rings. The zero-order valence-corrected chi connectivity index (χ0v) is 20.8. The van der Waals surface area contributed by atoms with Crippen LogP contribution in [0.5, 0.6) is 5.75 Å². The van der Waals surface area contributed by atoms with Crippen LogP contribution < -0.4 is 9.64 Å². The molecule has 33 heavy (non-hydrogen) atoms. The number of hydrogen-bond acceptors (Lipinski definition) is 7. The van der Waals surface area contributed by atoms with Crippen molar-refractivity contribution in [3.8, 4) is 23.1 Å². The van der Waals surface area contributed by atoms with E-state index >= 15 is 0 Å². The zero-order chi connectivity index (χ0) is 23.2. The van der Waals surface area contributed by atoms with Gasteiger partial charge in [-0.3, -0.25) is 9.69 Å². The Morgan fingerprint density at radius 1 is 1.18 bits per heavy atom. The average molecular weight is 525 g/mol. The van der Waals surface area contributed by atoms with Crippen molar-refractivity contribution in [3.05, 3.63) is 63.4 Å². The first-order valence-corrected chi connectivity index (χ1v) is 12.6. The van der Waals surface area contributed by atoms with Crippen molar-refractivity contribution in [2.45, 2.75) is 12.8 Å². The highest BCUT2D eigenvalue weighted by molar-refractivity contribution is 9.10. The van der Waals surface area contributed by atoms with Crippen molar-refractivity contribution in [1.82, 2.24) is 9.88 Å². The number of benzene rings is 2. The van der Waals surface area contributed by atoms with E-state index in [1.807, 2.05) is 54.8 Å². The first kappa shape index (κ1) is 23.4. The van der Waals surface area contributed by atoms with E-state index in [0.29, 0.717) is 11.6 Å². The number of halogens is 1. The number of hydrogen-bond donors (Lipinski definition) is 0. The molecule has 1 fully saturated rings. The van der Waals surface area contributed by atoms with E-state index in [9.17, 15) is 10.1 Å². The van der Waals surface area contributed by atoms with E-state index in [0.717, 1.165) is 53.3 Å². The molecule has 0 amide bonds. The first-order chi connectivity index (χ1) is 16.1. The van der Waals surface area contributed by atoms with Gasteiger partial charge in [-0.15, -0.1) is 11.3 Å². The fourth-order valence-corrected chi connectivity index (χ4v) is 5.05. The molecular formula is C25H25BrN4O2S. The quantitative estimate of drug-likeness (QED) is 0.414. The Kier molecular flexibility index (Phi) is 7.76. The maximum absolute atomic E-state index is 13.0. The van der Waals surface area contributed by atoms with Gasteiger partial charge in [-0.1, -0.05) is 40.2 Å². The number of anilines is 1. The van der Waals surface area contributed by atoms with Crippen LogP contribution in [0, 0.1) is 11.3 Å². The highest BCUT2D eigenvalue weighted by Crippen LogP contribution is 2.30. The Morgan fingerprint density at radius 3 is 2.61 bits per heavy atom. The molecule has 3 aromatic rings. The highest BCUT2D eigenvalue weighted by Gasteiger charge is 2.27. The maximum atomic E-state index is 13.0. The van der Waals surface area contributed by atoms with Crippen LogP contribution in [0.3, 0.4) is 0 Å². The molecule has 6 nitrogen and oxygen atoms in total. The molecule has 1 aliphatic heterocycles. The Morgan fingerprint density at radius 2 is 1.91 bits per heavy atom. The van der Waals surface area contributed by atoms with Crippen molar-refractivity contribution in [2.75, 3.05) is 44.2 Å². The second-order valence-electron chi connectivity index (χ2n) is 7.77. The molecule has 4 rings (SSSR count). The molecule has 1 saturated heterocycles. The van der Waals surface area contributed by atoms with Gasteiger partial charge in [0, 0.05) is 41.6 Å². The molecule has 170 valence electrons. The number of piperazine rings is 1. The lowest BCUT2D eigenvalue weighted by Gasteiger charge is -2.36. The molecule has 1 aromatic heterocycles. The smallest absolute Gasteiger partial charge is 0.170 e. The number of nitriles is 1. The predicted octanol–water partition coefficient (Wildman–Crippen LogP) is 4.97. The van der Waals surface area contributed by atoms with Gasteiger partial charge in [0.25, 0.3) is 0 Å². The van der Waals surface area contributed by atoms with Gasteiger partial charge in [-0.2, -0.15) is 5.26 Å². The summed E-state index contributed by atoms with van der Waals surface area (Å²) in [7, 11) is 0. The van der Waals surface area contributed by atoms with Crippen molar-refractivity contribution in [1.29, 1.82) is 5.26 Å². The monoisotopic (exact) mass is 524 g/mol. The molecule has 1 atom stereocenters. The van der Waals surface area contributed by atoms with Crippen LogP contribution in [0.2, 0.25) is 0 Å². The SMILES string of the molecule is CCOc1ccccc1N1CCN(CC(=O)[C@@H](C#N)c2nc(-c3ccc(Br)cc3)cs2)CC1. The van der Waals surface area contributed by atoms with Gasteiger partial charge in [-0.25, -0.2) is 4.98 Å². The van der Waals surface area contributed by atoms with Crippen molar-refractivity contribution >= 4 is 38.7 Å². The number of ether oxygens (including phenoxy) is 1. The van der Waals surface area contributed by atoms with Crippen LogP contribution in [0.15, 0.2) is 58.4 Å². The van der Waals surface area contributed by atoms with Crippen LogP contribution in [-0.4, -0.2) is 55.0 Å². The third-order valence-corrected chi connectivity index (χ3v) is 7.06. The minimum absolute atomic E-state index is 0.0997. The van der Waals surface area contributed by atoms with Gasteiger partial charge < -0.3 is 9.64 Å². The summed E-state index contributed by atoms with van der Waals surface area (Å²) in [6.07, 6.45) is 0. The topological polar surface area (TPSA) is 69.5 Å². The third-order valence-electron chi connectivity index (χ3n) is 5.62. The van der Waals surface area contributed by atoms with Gasteiger partial charge in [0.05, 0.1) is 30.6 Å². The molecule has 0 unspecified atom stereocenters. The van der Waals surface area contributed by atoms with E-state index in [-0.39, 0.29) is 12.3 Å². The van der Waals surface area contributed by atoms with E-state index in [1.165, 1.54) is 11.3 Å². The lowest BCUT2D eigenvalue weighted by molar-refractivity contribution is -0.120. The summed E-state index contributed by atoms with van der Waals surface area (Å²) in [5.41, 5.74) is 2.84. The Bertz CT molecular complexity index is 1130. The number of ketones is 1. The molecule has 8 heteroatoms. The maximum Gasteiger partial charge on any atom is 0.170 e. The number of rotatable bonds is 8. The Hall–Kier alpha value is -2.73. The fraction of sp³-hybridized carbons (Fsp3) is 0.320. The standard InChI is InChI=1S/C25H25BrN4O2S/c1-2-32-24-6-4-3-5-22(24)30-13-11-29(12-14-30)16-23(31)20(15-27)25-28-21(17-33-25)18-7-9-19(26)10-8-18/h3-10,17,20H,2,11-14,16H2,1H3/t20-/m1/s1. The third kappa shape index (κ3) is 5.61. The van der Waals surface area contributed by atoms with Crippen LogP contribution in [0.4, 0.5) is 5.69 Å². The summed E-state index contributed by atoms with van der Waals surface area (Å²) in [5, 5.41) is 12.2. The molecule has 2 aromatic carbocycles. The molecule has 2 heterocycles. The number of para-hydroxylation sites is 2. The summed E-state index contributed by atoms with van der Waals surface area (Å²) in [6.45, 7) is 5.99. The Labute approximate surface area is 206 Å². The summed E-state index contributed by atoms with van der Waals surface area (Å²) < 4.78 is 6.76. The van der Waals surface area contributed by atoms with Crippen molar-refractivity contribution in [2.24, 2.45) is 0 Å². The lowest BCUT2D eigenvalue weighted by atomic mass is 10.1. The molecule has 0 saturated carbocycles. The highest BCUT2D eigenvalue weighted by atomic mass is 79.9. The van der Waals surface area contributed by atoms with Crippen LogP contribution in [0.1, 0.15) is 17.8 Å². The summed E-state index contributed by atoms with van der Waals surface area (Å²) in [6, 6.07) is 18.1. The van der Waals surface area contributed by atoms with Gasteiger partial charge in [0.1, 0.15) is 10.8 Å². The van der Waals surface area contributed by atoms with Crippen molar-refractivity contribution in [3.63, 3.8) is 0 Å². The number of carbonyl (C=O) groups excluding carboxylic acids is 1.